The Morgan fingerprint density at radius 2 is 2.26 bits per heavy atom. The Bertz CT molecular complexity index is 577. The van der Waals surface area contributed by atoms with Crippen LogP contribution in [0.5, 0.6) is 5.75 Å². The van der Waals surface area contributed by atoms with Gasteiger partial charge in [-0.1, -0.05) is 35.2 Å². The van der Waals surface area contributed by atoms with Crippen LogP contribution in [-0.2, 0) is 4.79 Å². The van der Waals surface area contributed by atoms with Gasteiger partial charge in [0.2, 0.25) is 0 Å². The molecular formula is C12H10ClNO4S. The molecule has 0 aliphatic rings. The second-order valence-corrected chi connectivity index (χ2v) is 4.90. The Morgan fingerprint density at radius 1 is 1.58 bits per heavy atom. The van der Waals surface area contributed by atoms with Crippen molar-refractivity contribution in [1.29, 1.82) is 0 Å². The SMILES string of the molecule is COc1cc(Cl)c(C#CCSC(C)=O)cc1[N+](=O)[O-]. The number of halogens is 1. The zero-order valence-electron chi connectivity index (χ0n) is 10.2. The summed E-state index contributed by atoms with van der Waals surface area (Å²) in [5.74, 6) is 5.81. The molecule has 0 heterocycles. The lowest BCUT2D eigenvalue weighted by molar-refractivity contribution is -0.385. The number of nitro groups is 1. The molecule has 0 bridgehead atoms. The van der Waals surface area contributed by atoms with Crippen molar-refractivity contribution in [2.75, 3.05) is 12.9 Å². The third-order valence-corrected chi connectivity index (χ3v) is 3.04. The number of carbonyl (C=O) groups excluding carboxylic acids is 1. The summed E-state index contributed by atoms with van der Waals surface area (Å²) in [4.78, 5) is 21.0. The van der Waals surface area contributed by atoms with Gasteiger partial charge >= 0.3 is 5.69 Å². The topological polar surface area (TPSA) is 69.4 Å². The first-order valence-corrected chi connectivity index (χ1v) is 6.46. The third kappa shape index (κ3) is 4.47. The quantitative estimate of drug-likeness (QED) is 0.487. The van der Waals surface area contributed by atoms with Crippen molar-refractivity contribution in [1.82, 2.24) is 0 Å². The number of nitro benzene ring substituents is 1. The molecule has 0 fully saturated rings. The molecule has 0 aromatic heterocycles. The van der Waals surface area contributed by atoms with Gasteiger partial charge < -0.3 is 4.74 Å². The fourth-order valence-electron chi connectivity index (χ4n) is 1.21. The molecule has 1 aromatic rings. The first-order chi connectivity index (χ1) is 8.95. The predicted molar refractivity (Wildman–Crippen MR) is 74.7 cm³/mol. The number of thioether (sulfide) groups is 1. The lowest BCUT2D eigenvalue weighted by Gasteiger charge is -2.03. The van der Waals surface area contributed by atoms with E-state index in [1.165, 1.54) is 26.2 Å². The average Bonchev–Trinajstić information content (AvgIpc) is 2.34. The standard InChI is InChI=1S/C12H10ClNO4S/c1-8(15)19-5-3-4-9-6-11(14(16)17)12(18-2)7-10(9)13/h6-7H,5H2,1-2H3. The fourth-order valence-corrected chi connectivity index (χ4v) is 1.76. The van der Waals surface area contributed by atoms with E-state index in [2.05, 4.69) is 11.8 Å². The van der Waals surface area contributed by atoms with E-state index >= 15 is 0 Å². The Kier molecular flexibility index (Phi) is 5.67. The van der Waals surface area contributed by atoms with E-state index in [1.807, 2.05) is 0 Å². The minimum atomic E-state index is -0.565. The average molecular weight is 300 g/mol. The molecule has 19 heavy (non-hydrogen) atoms. The molecule has 7 heteroatoms. The molecule has 0 spiro atoms. The Morgan fingerprint density at radius 3 is 2.79 bits per heavy atom. The fraction of sp³-hybridized carbons (Fsp3) is 0.250. The minimum absolute atomic E-state index is 0.0406. The Balaban J connectivity index is 3.04. The first-order valence-electron chi connectivity index (χ1n) is 5.10. The predicted octanol–water partition coefficient (Wildman–Crippen LogP) is 2.89. The van der Waals surface area contributed by atoms with Crippen LogP contribution in [0.2, 0.25) is 5.02 Å². The molecule has 5 nitrogen and oxygen atoms in total. The lowest BCUT2D eigenvalue weighted by atomic mass is 10.2. The van der Waals surface area contributed by atoms with E-state index in [-0.39, 0.29) is 21.6 Å². The van der Waals surface area contributed by atoms with Crippen LogP contribution >= 0.6 is 23.4 Å². The summed E-state index contributed by atoms with van der Waals surface area (Å²) in [6.07, 6.45) is 0. The van der Waals surface area contributed by atoms with Crippen molar-refractivity contribution in [2.24, 2.45) is 0 Å². The van der Waals surface area contributed by atoms with Crippen LogP contribution < -0.4 is 4.74 Å². The van der Waals surface area contributed by atoms with Crippen LogP contribution in [0.15, 0.2) is 12.1 Å². The Hall–Kier alpha value is -1.71. The van der Waals surface area contributed by atoms with Gasteiger partial charge in [-0.25, -0.2) is 0 Å². The molecule has 0 aliphatic heterocycles. The molecular weight excluding hydrogens is 290 g/mol. The van der Waals surface area contributed by atoms with Crippen molar-refractivity contribution in [3.63, 3.8) is 0 Å². The van der Waals surface area contributed by atoms with Crippen molar-refractivity contribution >= 4 is 34.2 Å². The van der Waals surface area contributed by atoms with Crippen LogP contribution in [-0.4, -0.2) is 22.9 Å². The summed E-state index contributed by atoms with van der Waals surface area (Å²) in [6.45, 7) is 1.44. The van der Waals surface area contributed by atoms with Gasteiger partial charge in [-0.15, -0.1) is 0 Å². The van der Waals surface area contributed by atoms with E-state index in [0.29, 0.717) is 11.3 Å². The highest BCUT2D eigenvalue weighted by atomic mass is 35.5. The van der Waals surface area contributed by atoms with Crippen molar-refractivity contribution in [2.45, 2.75) is 6.92 Å². The number of nitrogens with zero attached hydrogens (tertiary/aromatic N) is 1. The number of rotatable bonds is 3. The summed E-state index contributed by atoms with van der Waals surface area (Å²) in [6, 6.07) is 2.61. The Labute approximate surface area is 119 Å². The molecule has 0 amide bonds. The lowest BCUT2D eigenvalue weighted by Crippen LogP contribution is -1.95. The highest BCUT2D eigenvalue weighted by Crippen LogP contribution is 2.32. The summed E-state index contributed by atoms with van der Waals surface area (Å²) in [5, 5.41) is 11.1. The largest absolute Gasteiger partial charge is 0.490 e. The van der Waals surface area contributed by atoms with Gasteiger partial charge in [0.25, 0.3) is 0 Å². The smallest absolute Gasteiger partial charge is 0.312 e. The zero-order valence-corrected chi connectivity index (χ0v) is 11.8. The van der Waals surface area contributed by atoms with Crippen LogP contribution in [0.1, 0.15) is 12.5 Å². The number of methoxy groups -OCH3 is 1. The molecule has 0 aliphatic carbocycles. The number of benzene rings is 1. The van der Waals surface area contributed by atoms with Crippen molar-refractivity contribution in [3.8, 4) is 17.6 Å². The number of hydrogen-bond donors (Lipinski definition) is 0. The second kappa shape index (κ2) is 7.02. The maximum atomic E-state index is 10.8. The molecule has 100 valence electrons. The molecule has 0 saturated carbocycles. The molecule has 1 aromatic carbocycles. The molecule has 0 unspecified atom stereocenters. The van der Waals surface area contributed by atoms with Crippen LogP contribution in [0.4, 0.5) is 5.69 Å². The van der Waals surface area contributed by atoms with E-state index in [1.54, 1.807) is 0 Å². The highest BCUT2D eigenvalue weighted by Gasteiger charge is 2.17. The van der Waals surface area contributed by atoms with Gasteiger partial charge in [-0.05, 0) is 0 Å². The highest BCUT2D eigenvalue weighted by molar-refractivity contribution is 8.13. The van der Waals surface area contributed by atoms with Crippen LogP contribution in [0, 0.1) is 22.0 Å². The molecule has 1 rings (SSSR count). The van der Waals surface area contributed by atoms with Crippen LogP contribution in [0.3, 0.4) is 0 Å². The molecule has 0 saturated heterocycles. The minimum Gasteiger partial charge on any atom is -0.490 e. The third-order valence-electron chi connectivity index (χ3n) is 2.04. The number of carbonyl (C=O) groups is 1. The van der Waals surface area contributed by atoms with E-state index in [0.717, 1.165) is 11.8 Å². The zero-order chi connectivity index (χ0) is 14.4. The monoisotopic (exact) mass is 299 g/mol. The van der Waals surface area contributed by atoms with Gasteiger partial charge in [-0.2, -0.15) is 0 Å². The molecule has 0 radical (unpaired) electrons. The summed E-state index contributed by atoms with van der Waals surface area (Å²) >= 11 is 7.01. The second-order valence-electron chi connectivity index (χ2n) is 3.34. The summed E-state index contributed by atoms with van der Waals surface area (Å²) < 4.78 is 4.88. The van der Waals surface area contributed by atoms with Crippen molar-refractivity contribution in [3.05, 3.63) is 32.8 Å². The maximum Gasteiger partial charge on any atom is 0.312 e. The van der Waals surface area contributed by atoms with Gasteiger partial charge in [-0.3, -0.25) is 14.9 Å². The summed E-state index contributed by atoms with van der Waals surface area (Å²) in [5.41, 5.74) is 0.133. The molecule has 0 N–H and O–H groups in total. The van der Waals surface area contributed by atoms with Gasteiger partial charge in [0.05, 0.1) is 28.4 Å². The van der Waals surface area contributed by atoms with E-state index in [4.69, 9.17) is 16.3 Å². The number of ether oxygens (including phenoxy) is 1. The van der Waals surface area contributed by atoms with E-state index < -0.39 is 4.92 Å². The first kappa shape index (κ1) is 15.3. The normalized spacial score (nSPS) is 9.42. The van der Waals surface area contributed by atoms with Gasteiger partial charge in [0.1, 0.15) is 0 Å². The van der Waals surface area contributed by atoms with Gasteiger partial charge in [0.15, 0.2) is 10.9 Å². The molecule has 0 atom stereocenters. The van der Waals surface area contributed by atoms with E-state index in [9.17, 15) is 14.9 Å². The number of hydrogen-bond acceptors (Lipinski definition) is 5. The van der Waals surface area contributed by atoms with Crippen LogP contribution in [0.25, 0.3) is 0 Å². The van der Waals surface area contributed by atoms with Crippen molar-refractivity contribution < 1.29 is 14.5 Å². The van der Waals surface area contributed by atoms with Gasteiger partial charge in [0, 0.05) is 19.1 Å². The maximum absolute atomic E-state index is 10.8. The summed E-state index contributed by atoms with van der Waals surface area (Å²) in [7, 11) is 1.33.